The van der Waals surface area contributed by atoms with Gasteiger partial charge in [-0.2, -0.15) is 5.10 Å². The zero-order chi connectivity index (χ0) is 11.7. The van der Waals surface area contributed by atoms with Gasteiger partial charge in [0.15, 0.2) is 0 Å². The number of hydrogen-bond donors (Lipinski definition) is 1. The van der Waals surface area contributed by atoms with E-state index in [4.69, 9.17) is 22.1 Å². The van der Waals surface area contributed by atoms with Crippen LogP contribution in [0.4, 0.5) is 5.69 Å². The van der Waals surface area contributed by atoms with Crippen LogP contribution in [0.1, 0.15) is 5.69 Å². The number of methoxy groups -OCH3 is 1. The molecule has 2 aromatic rings. The lowest BCUT2D eigenvalue weighted by Gasteiger charge is -2.08. The van der Waals surface area contributed by atoms with Crippen LogP contribution in [-0.2, 0) is 0 Å². The van der Waals surface area contributed by atoms with E-state index in [1.54, 1.807) is 36.2 Å². The van der Waals surface area contributed by atoms with Crippen LogP contribution in [0.25, 0.3) is 5.69 Å². The van der Waals surface area contributed by atoms with Crippen molar-refractivity contribution in [3.05, 3.63) is 35.1 Å². The summed E-state index contributed by atoms with van der Waals surface area (Å²) in [5.74, 6) is 0.701. The van der Waals surface area contributed by atoms with Crippen LogP contribution in [0, 0.1) is 6.92 Å². The lowest BCUT2D eigenvalue weighted by Crippen LogP contribution is -1.98. The summed E-state index contributed by atoms with van der Waals surface area (Å²) in [7, 11) is 1.60. The summed E-state index contributed by atoms with van der Waals surface area (Å²) in [6.07, 6.45) is 1.74. The monoisotopic (exact) mass is 237 g/mol. The molecule has 0 aliphatic heterocycles. The smallest absolute Gasteiger partial charge is 0.144 e. The first kappa shape index (κ1) is 10.8. The predicted octanol–water partition coefficient (Wildman–Crippen LogP) is 2.42. The quantitative estimate of drug-likeness (QED) is 0.873. The van der Waals surface area contributed by atoms with Crippen molar-refractivity contribution < 1.29 is 4.74 Å². The highest BCUT2D eigenvalue weighted by Crippen LogP contribution is 2.26. The van der Waals surface area contributed by atoms with E-state index in [1.165, 1.54) is 0 Å². The third kappa shape index (κ3) is 1.84. The highest BCUT2D eigenvalue weighted by atomic mass is 35.5. The van der Waals surface area contributed by atoms with Gasteiger partial charge in [0, 0.05) is 5.02 Å². The lowest BCUT2D eigenvalue weighted by atomic mass is 10.3. The van der Waals surface area contributed by atoms with Crippen molar-refractivity contribution in [2.24, 2.45) is 0 Å². The number of anilines is 1. The van der Waals surface area contributed by atoms with Crippen molar-refractivity contribution >= 4 is 17.3 Å². The molecule has 0 unspecified atom stereocenters. The minimum Gasteiger partial charge on any atom is -0.494 e. The van der Waals surface area contributed by atoms with Gasteiger partial charge >= 0.3 is 0 Å². The second kappa shape index (κ2) is 4.06. The van der Waals surface area contributed by atoms with Crippen molar-refractivity contribution in [3.8, 4) is 11.4 Å². The molecule has 0 amide bonds. The summed E-state index contributed by atoms with van der Waals surface area (Å²) in [5.41, 5.74) is 7.94. The Balaban J connectivity index is 2.57. The minimum absolute atomic E-state index is 0.627. The summed E-state index contributed by atoms with van der Waals surface area (Å²) in [4.78, 5) is 0. The SMILES string of the molecule is COc1ccc(Cl)cc1-n1cc(N)c(C)n1. The standard InChI is InChI=1S/C11H12ClN3O/c1-7-9(13)6-15(14-7)10-5-8(12)3-4-11(10)16-2/h3-6H,13H2,1-2H3. The maximum Gasteiger partial charge on any atom is 0.144 e. The second-order valence-corrected chi connectivity index (χ2v) is 3.87. The Kier molecular flexibility index (Phi) is 2.75. The van der Waals surface area contributed by atoms with Gasteiger partial charge in [-0.1, -0.05) is 11.6 Å². The van der Waals surface area contributed by atoms with Crippen LogP contribution in [0.2, 0.25) is 5.02 Å². The van der Waals surface area contributed by atoms with Gasteiger partial charge in [-0.05, 0) is 25.1 Å². The van der Waals surface area contributed by atoms with E-state index in [2.05, 4.69) is 5.10 Å². The van der Waals surface area contributed by atoms with E-state index in [0.717, 1.165) is 11.4 Å². The molecule has 0 fully saturated rings. The van der Waals surface area contributed by atoms with Crippen molar-refractivity contribution in [1.82, 2.24) is 9.78 Å². The van der Waals surface area contributed by atoms with Crippen LogP contribution < -0.4 is 10.5 Å². The van der Waals surface area contributed by atoms with Gasteiger partial charge in [0.05, 0.1) is 24.7 Å². The van der Waals surface area contributed by atoms with Gasteiger partial charge in [0.25, 0.3) is 0 Å². The third-order valence-electron chi connectivity index (χ3n) is 2.32. The second-order valence-electron chi connectivity index (χ2n) is 3.43. The zero-order valence-electron chi connectivity index (χ0n) is 9.07. The molecule has 2 rings (SSSR count). The molecule has 1 heterocycles. The number of nitrogens with zero attached hydrogens (tertiary/aromatic N) is 2. The fraction of sp³-hybridized carbons (Fsp3) is 0.182. The maximum atomic E-state index is 5.94. The third-order valence-corrected chi connectivity index (χ3v) is 2.56. The van der Waals surface area contributed by atoms with E-state index in [1.807, 2.05) is 6.92 Å². The van der Waals surface area contributed by atoms with E-state index in [9.17, 15) is 0 Å². The van der Waals surface area contributed by atoms with Gasteiger partial charge in [0.1, 0.15) is 11.4 Å². The summed E-state index contributed by atoms with van der Waals surface area (Å²) in [5, 5.41) is 4.91. The molecule has 5 heteroatoms. The number of rotatable bonds is 2. The molecule has 0 spiro atoms. The fourth-order valence-corrected chi connectivity index (χ4v) is 1.61. The topological polar surface area (TPSA) is 53.1 Å². The van der Waals surface area contributed by atoms with Crippen LogP contribution in [-0.4, -0.2) is 16.9 Å². The minimum atomic E-state index is 0.627. The van der Waals surface area contributed by atoms with Crippen LogP contribution >= 0.6 is 11.6 Å². The molecule has 0 saturated heterocycles. The van der Waals surface area contributed by atoms with Crippen LogP contribution in [0.5, 0.6) is 5.75 Å². The molecule has 0 aliphatic rings. The van der Waals surface area contributed by atoms with Crippen LogP contribution in [0.3, 0.4) is 0 Å². The molecule has 0 aliphatic carbocycles. The molecule has 16 heavy (non-hydrogen) atoms. The summed E-state index contributed by atoms with van der Waals surface area (Å²) in [6, 6.07) is 5.35. The molecular weight excluding hydrogens is 226 g/mol. The molecule has 0 radical (unpaired) electrons. The Bertz CT molecular complexity index is 502. The molecule has 1 aromatic heterocycles. The van der Waals surface area contributed by atoms with E-state index in [-0.39, 0.29) is 0 Å². The van der Waals surface area contributed by atoms with E-state index < -0.39 is 0 Å². The summed E-state index contributed by atoms with van der Waals surface area (Å²) in [6.45, 7) is 1.85. The molecule has 1 aromatic carbocycles. The van der Waals surface area contributed by atoms with Crippen molar-refractivity contribution in [1.29, 1.82) is 0 Å². The number of aryl methyl sites for hydroxylation is 1. The zero-order valence-corrected chi connectivity index (χ0v) is 9.82. The molecule has 0 atom stereocenters. The van der Waals surface area contributed by atoms with Crippen molar-refractivity contribution in [3.63, 3.8) is 0 Å². The highest BCUT2D eigenvalue weighted by molar-refractivity contribution is 6.30. The number of ether oxygens (including phenoxy) is 1. The van der Waals surface area contributed by atoms with Crippen LogP contribution in [0.15, 0.2) is 24.4 Å². The van der Waals surface area contributed by atoms with Gasteiger partial charge < -0.3 is 10.5 Å². The average molecular weight is 238 g/mol. The first-order valence-corrected chi connectivity index (χ1v) is 5.15. The summed E-state index contributed by atoms with van der Waals surface area (Å²) >= 11 is 5.94. The normalized spacial score (nSPS) is 10.4. The van der Waals surface area contributed by atoms with Gasteiger partial charge in [-0.15, -0.1) is 0 Å². The van der Waals surface area contributed by atoms with E-state index >= 15 is 0 Å². The molecular formula is C11H12ClN3O. The van der Waals surface area contributed by atoms with Gasteiger partial charge in [-0.25, -0.2) is 4.68 Å². The maximum absolute atomic E-state index is 5.94. The highest BCUT2D eigenvalue weighted by Gasteiger charge is 2.09. The van der Waals surface area contributed by atoms with Gasteiger partial charge in [-0.3, -0.25) is 0 Å². The molecule has 0 bridgehead atoms. The Morgan fingerprint density at radius 1 is 1.44 bits per heavy atom. The Hall–Kier alpha value is -1.68. The number of benzene rings is 1. The predicted molar refractivity (Wildman–Crippen MR) is 64.3 cm³/mol. The average Bonchev–Trinajstić information content (AvgIpc) is 2.59. The molecule has 4 nitrogen and oxygen atoms in total. The van der Waals surface area contributed by atoms with Crippen molar-refractivity contribution in [2.75, 3.05) is 12.8 Å². The number of hydrogen-bond acceptors (Lipinski definition) is 3. The van der Waals surface area contributed by atoms with Gasteiger partial charge in [0.2, 0.25) is 0 Å². The number of nitrogen functional groups attached to an aromatic ring is 1. The largest absolute Gasteiger partial charge is 0.494 e. The Labute approximate surface area is 98.6 Å². The van der Waals surface area contributed by atoms with E-state index in [0.29, 0.717) is 16.5 Å². The van der Waals surface area contributed by atoms with Crippen molar-refractivity contribution in [2.45, 2.75) is 6.92 Å². The molecule has 2 N–H and O–H groups in total. The molecule has 0 saturated carbocycles. The Morgan fingerprint density at radius 3 is 2.75 bits per heavy atom. The fourth-order valence-electron chi connectivity index (χ4n) is 1.44. The number of aromatic nitrogens is 2. The first-order chi connectivity index (χ1) is 7.61. The molecule has 84 valence electrons. The Morgan fingerprint density at radius 2 is 2.19 bits per heavy atom. The lowest BCUT2D eigenvalue weighted by molar-refractivity contribution is 0.411. The number of nitrogens with two attached hydrogens (primary N) is 1. The number of halogens is 1. The summed E-state index contributed by atoms with van der Waals surface area (Å²) < 4.78 is 6.91. The first-order valence-electron chi connectivity index (χ1n) is 4.77.